The van der Waals surface area contributed by atoms with Crippen molar-refractivity contribution in [2.45, 2.75) is 39.5 Å². The zero-order valence-corrected chi connectivity index (χ0v) is 13.0. The molecular weight excluding hydrogens is 266 g/mol. The van der Waals surface area contributed by atoms with E-state index in [1.165, 1.54) is 0 Å². The van der Waals surface area contributed by atoms with Gasteiger partial charge in [-0.1, -0.05) is 51.1 Å². The Hall–Kier alpha value is -1.84. The number of rotatable bonds is 8. The normalized spacial score (nSPS) is 13.7. The molecule has 1 aromatic rings. The van der Waals surface area contributed by atoms with Crippen molar-refractivity contribution in [1.82, 2.24) is 5.32 Å². The monoisotopic (exact) mass is 291 g/mol. The lowest BCUT2D eigenvalue weighted by molar-refractivity contribution is -0.138. The molecule has 1 amide bonds. The van der Waals surface area contributed by atoms with Gasteiger partial charge in [0.05, 0.1) is 5.92 Å². The molecule has 116 valence electrons. The average molecular weight is 291 g/mol. The van der Waals surface area contributed by atoms with Crippen molar-refractivity contribution in [2.75, 3.05) is 6.54 Å². The SMILES string of the molecule is CC(C)CC(C)CC(=O)NCC(C(=O)O)c1ccccc1. The molecule has 2 unspecified atom stereocenters. The van der Waals surface area contributed by atoms with Crippen molar-refractivity contribution in [2.24, 2.45) is 11.8 Å². The van der Waals surface area contributed by atoms with E-state index in [4.69, 9.17) is 0 Å². The first kappa shape index (κ1) is 17.2. The molecule has 4 heteroatoms. The first-order valence-electron chi connectivity index (χ1n) is 7.44. The Balaban J connectivity index is 2.51. The minimum Gasteiger partial charge on any atom is -0.481 e. The maximum Gasteiger partial charge on any atom is 0.312 e. The fraction of sp³-hybridized carbons (Fsp3) is 0.529. The Bertz CT molecular complexity index is 456. The summed E-state index contributed by atoms with van der Waals surface area (Å²) >= 11 is 0. The first-order valence-corrected chi connectivity index (χ1v) is 7.44. The van der Waals surface area contributed by atoms with Crippen LogP contribution in [-0.2, 0) is 9.59 Å². The van der Waals surface area contributed by atoms with E-state index in [9.17, 15) is 14.7 Å². The molecule has 0 aliphatic heterocycles. The van der Waals surface area contributed by atoms with Gasteiger partial charge in [0, 0.05) is 13.0 Å². The predicted octanol–water partition coefficient (Wildman–Crippen LogP) is 3.04. The Labute approximate surface area is 126 Å². The third-order valence-corrected chi connectivity index (χ3v) is 3.41. The number of aliphatic carboxylic acids is 1. The molecule has 0 saturated carbocycles. The van der Waals surface area contributed by atoms with E-state index >= 15 is 0 Å². The standard InChI is InChI=1S/C17H25NO3/c1-12(2)9-13(3)10-16(19)18-11-15(17(20)21)14-7-5-4-6-8-14/h4-8,12-13,15H,9-11H2,1-3H3,(H,18,19)(H,20,21). The van der Waals surface area contributed by atoms with E-state index in [-0.39, 0.29) is 12.5 Å². The highest BCUT2D eigenvalue weighted by molar-refractivity contribution is 5.79. The van der Waals surface area contributed by atoms with Gasteiger partial charge in [-0.15, -0.1) is 0 Å². The van der Waals surface area contributed by atoms with Gasteiger partial charge in [0.25, 0.3) is 0 Å². The minimum atomic E-state index is -0.920. The summed E-state index contributed by atoms with van der Waals surface area (Å²) in [5.74, 6) is -0.827. The second-order valence-corrected chi connectivity index (χ2v) is 6.04. The number of hydrogen-bond donors (Lipinski definition) is 2. The zero-order chi connectivity index (χ0) is 15.8. The van der Waals surface area contributed by atoms with Crippen LogP contribution in [0.4, 0.5) is 0 Å². The molecule has 0 fully saturated rings. The summed E-state index contributed by atoms with van der Waals surface area (Å²) in [6.45, 7) is 6.44. The van der Waals surface area contributed by atoms with Gasteiger partial charge in [-0.25, -0.2) is 0 Å². The van der Waals surface area contributed by atoms with E-state index in [1.54, 1.807) is 24.3 Å². The van der Waals surface area contributed by atoms with E-state index in [0.717, 1.165) is 6.42 Å². The lowest BCUT2D eigenvalue weighted by atomic mass is 9.95. The fourth-order valence-corrected chi connectivity index (χ4v) is 2.53. The summed E-state index contributed by atoms with van der Waals surface area (Å²) < 4.78 is 0. The highest BCUT2D eigenvalue weighted by atomic mass is 16.4. The molecule has 21 heavy (non-hydrogen) atoms. The molecule has 0 aliphatic rings. The molecule has 1 rings (SSSR count). The Morgan fingerprint density at radius 3 is 2.29 bits per heavy atom. The van der Waals surface area contributed by atoms with Crippen LogP contribution in [0.25, 0.3) is 0 Å². The van der Waals surface area contributed by atoms with E-state index in [1.807, 2.05) is 13.0 Å². The number of benzene rings is 1. The number of carboxylic acid groups (broad SMARTS) is 1. The molecule has 0 bridgehead atoms. The fourth-order valence-electron chi connectivity index (χ4n) is 2.53. The zero-order valence-electron chi connectivity index (χ0n) is 13.0. The molecule has 0 heterocycles. The molecule has 0 saturated heterocycles. The predicted molar refractivity (Wildman–Crippen MR) is 83.1 cm³/mol. The maximum absolute atomic E-state index is 11.9. The van der Waals surface area contributed by atoms with Crippen molar-refractivity contribution >= 4 is 11.9 Å². The molecule has 0 aliphatic carbocycles. The van der Waals surface area contributed by atoms with Gasteiger partial charge in [0.15, 0.2) is 0 Å². The lowest BCUT2D eigenvalue weighted by Crippen LogP contribution is -2.32. The second-order valence-electron chi connectivity index (χ2n) is 6.04. The van der Waals surface area contributed by atoms with Gasteiger partial charge >= 0.3 is 5.97 Å². The van der Waals surface area contributed by atoms with Gasteiger partial charge in [-0.05, 0) is 23.8 Å². The molecular formula is C17H25NO3. The van der Waals surface area contributed by atoms with E-state index < -0.39 is 11.9 Å². The van der Waals surface area contributed by atoms with Gasteiger partial charge in [-0.2, -0.15) is 0 Å². The number of carboxylic acids is 1. The summed E-state index contributed by atoms with van der Waals surface area (Å²) in [5.41, 5.74) is 0.709. The summed E-state index contributed by atoms with van der Waals surface area (Å²) in [7, 11) is 0. The lowest BCUT2D eigenvalue weighted by Gasteiger charge is -2.16. The van der Waals surface area contributed by atoms with Gasteiger partial charge in [-0.3, -0.25) is 9.59 Å². The number of amides is 1. The van der Waals surface area contributed by atoms with E-state index in [2.05, 4.69) is 19.2 Å². The van der Waals surface area contributed by atoms with Crippen molar-refractivity contribution in [3.63, 3.8) is 0 Å². The second kappa shape index (κ2) is 8.45. The third kappa shape index (κ3) is 6.43. The van der Waals surface area contributed by atoms with Crippen molar-refractivity contribution in [3.8, 4) is 0 Å². The molecule has 0 spiro atoms. The Morgan fingerprint density at radius 2 is 1.76 bits per heavy atom. The van der Waals surface area contributed by atoms with Crippen LogP contribution in [0.5, 0.6) is 0 Å². The summed E-state index contributed by atoms with van der Waals surface area (Å²) in [6, 6.07) is 8.99. The Morgan fingerprint density at radius 1 is 1.14 bits per heavy atom. The Kier molecular flexibility index (Phi) is 6.92. The van der Waals surface area contributed by atoms with Crippen LogP contribution in [0.3, 0.4) is 0 Å². The minimum absolute atomic E-state index is 0.0784. The van der Waals surface area contributed by atoms with Gasteiger partial charge in [0.2, 0.25) is 5.91 Å². The van der Waals surface area contributed by atoms with Crippen LogP contribution in [0.2, 0.25) is 0 Å². The maximum atomic E-state index is 11.9. The number of nitrogens with one attached hydrogen (secondary N) is 1. The van der Waals surface area contributed by atoms with E-state index in [0.29, 0.717) is 23.8 Å². The van der Waals surface area contributed by atoms with Crippen LogP contribution in [0.1, 0.15) is 45.1 Å². The summed E-state index contributed by atoms with van der Waals surface area (Å²) in [6.07, 6.45) is 1.44. The van der Waals surface area contributed by atoms with Crippen molar-refractivity contribution < 1.29 is 14.7 Å². The van der Waals surface area contributed by atoms with Crippen LogP contribution in [-0.4, -0.2) is 23.5 Å². The highest BCUT2D eigenvalue weighted by Gasteiger charge is 2.20. The third-order valence-electron chi connectivity index (χ3n) is 3.41. The summed E-state index contributed by atoms with van der Waals surface area (Å²) in [4.78, 5) is 23.2. The number of hydrogen-bond acceptors (Lipinski definition) is 2. The first-order chi connectivity index (χ1) is 9.90. The smallest absolute Gasteiger partial charge is 0.312 e. The average Bonchev–Trinajstić information content (AvgIpc) is 2.38. The topological polar surface area (TPSA) is 66.4 Å². The number of carbonyl (C=O) groups excluding carboxylic acids is 1. The highest BCUT2D eigenvalue weighted by Crippen LogP contribution is 2.16. The largest absolute Gasteiger partial charge is 0.481 e. The van der Waals surface area contributed by atoms with Crippen LogP contribution < -0.4 is 5.32 Å². The number of carbonyl (C=O) groups is 2. The molecule has 0 aromatic heterocycles. The quantitative estimate of drug-likeness (QED) is 0.773. The van der Waals surface area contributed by atoms with Crippen molar-refractivity contribution in [3.05, 3.63) is 35.9 Å². The van der Waals surface area contributed by atoms with Crippen LogP contribution in [0, 0.1) is 11.8 Å². The molecule has 2 N–H and O–H groups in total. The molecule has 4 nitrogen and oxygen atoms in total. The summed E-state index contributed by atoms with van der Waals surface area (Å²) in [5, 5.41) is 12.0. The van der Waals surface area contributed by atoms with Crippen molar-refractivity contribution in [1.29, 1.82) is 0 Å². The van der Waals surface area contributed by atoms with Gasteiger partial charge < -0.3 is 10.4 Å². The molecule has 2 atom stereocenters. The molecule has 1 aromatic carbocycles. The van der Waals surface area contributed by atoms with Crippen LogP contribution in [0.15, 0.2) is 30.3 Å². The van der Waals surface area contributed by atoms with Gasteiger partial charge in [0.1, 0.15) is 0 Å². The van der Waals surface area contributed by atoms with Crippen LogP contribution >= 0.6 is 0 Å². The molecule has 0 radical (unpaired) electrons.